The molecule has 0 spiro atoms. The van der Waals surface area contributed by atoms with Gasteiger partial charge in [0.1, 0.15) is 21.9 Å². The first-order chi connectivity index (χ1) is 8.94. The van der Waals surface area contributed by atoms with E-state index in [0.717, 1.165) is 6.07 Å². The van der Waals surface area contributed by atoms with Crippen molar-refractivity contribution in [3.63, 3.8) is 0 Å². The number of halogens is 3. The summed E-state index contributed by atoms with van der Waals surface area (Å²) in [5.74, 6) is -4.30. The molecule has 112 valence electrons. The third-order valence-corrected chi connectivity index (χ3v) is 4.09. The second-order valence-corrected chi connectivity index (χ2v) is 7.50. The lowest BCUT2D eigenvalue weighted by molar-refractivity contribution is 0.0137. The zero-order chi connectivity index (χ0) is 15.7. The maximum atomic E-state index is 14.1. The molecule has 0 saturated heterocycles. The van der Waals surface area contributed by atoms with E-state index in [9.17, 15) is 17.7 Å². The van der Waals surface area contributed by atoms with Gasteiger partial charge >= 0.3 is 0 Å². The molecule has 1 aromatic rings. The molecule has 1 unspecified atom stereocenters. The van der Waals surface area contributed by atoms with Crippen LogP contribution in [-0.2, 0) is 17.3 Å². The van der Waals surface area contributed by atoms with Crippen LogP contribution in [0, 0.1) is 5.82 Å². The van der Waals surface area contributed by atoms with Gasteiger partial charge in [-0.15, -0.1) is 0 Å². The highest BCUT2D eigenvalue weighted by molar-refractivity contribution is 7.91. The largest absolute Gasteiger partial charge is 0.591 e. The van der Waals surface area contributed by atoms with E-state index in [-0.39, 0.29) is 11.3 Å². The minimum Gasteiger partial charge on any atom is -0.591 e. The molecule has 20 heavy (non-hydrogen) atoms. The first-order valence-electron chi connectivity index (χ1n) is 6.09. The van der Waals surface area contributed by atoms with Gasteiger partial charge in [0.05, 0.1) is 11.3 Å². The lowest BCUT2D eigenvalue weighted by Gasteiger charge is -2.19. The molecule has 6 heteroatoms. The van der Waals surface area contributed by atoms with Crippen LogP contribution in [0.15, 0.2) is 22.6 Å². The maximum Gasteiger partial charge on any atom is 0.273 e. The molecule has 0 radical (unpaired) electrons. The number of benzene rings is 1. The second kappa shape index (κ2) is 5.77. The first kappa shape index (κ1) is 17.0. The van der Waals surface area contributed by atoms with Gasteiger partial charge < -0.3 is 4.55 Å². The van der Waals surface area contributed by atoms with Gasteiger partial charge in [0.25, 0.3) is 5.92 Å². The Morgan fingerprint density at radius 3 is 2.20 bits per heavy atom. The number of nitrogens with zero attached hydrogens (tertiary/aromatic N) is 1. The summed E-state index contributed by atoms with van der Waals surface area (Å²) in [6, 6.07) is 3.72. The van der Waals surface area contributed by atoms with Gasteiger partial charge in [0, 0.05) is 12.5 Å². The van der Waals surface area contributed by atoms with Crippen LogP contribution in [0.3, 0.4) is 0 Å². The summed E-state index contributed by atoms with van der Waals surface area (Å²) in [5, 5.41) is 0. The SMILES string of the molecule is CC(=N[S+]([O-])C(C)(C)C)c1cccc(C(C)(F)F)c1F. The van der Waals surface area contributed by atoms with Crippen molar-refractivity contribution in [1.82, 2.24) is 0 Å². The third-order valence-electron chi connectivity index (χ3n) is 2.61. The van der Waals surface area contributed by atoms with Crippen molar-refractivity contribution in [1.29, 1.82) is 0 Å². The van der Waals surface area contributed by atoms with Crippen molar-refractivity contribution in [3.05, 3.63) is 35.1 Å². The average Bonchev–Trinajstić information content (AvgIpc) is 2.26. The van der Waals surface area contributed by atoms with Crippen LogP contribution < -0.4 is 0 Å². The molecule has 0 aromatic heterocycles. The number of rotatable bonds is 3. The Morgan fingerprint density at radius 2 is 1.75 bits per heavy atom. The molecule has 0 aliphatic heterocycles. The molecule has 2 nitrogen and oxygen atoms in total. The molecule has 0 N–H and O–H groups in total. The third kappa shape index (κ3) is 3.99. The highest BCUT2D eigenvalue weighted by atomic mass is 32.2. The van der Waals surface area contributed by atoms with E-state index in [1.54, 1.807) is 20.8 Å². The van der Waals surface area contributed by atoms with Crippen LogP contribution in [0.2, 0.25) is 0 Å². The smallest absolute Gasteiger partial charge is 0.273 e. The number of hydrogen-bond acceptors (Lipinski definition) is 2. The Labute approximate surface area is 120 Å². The molecule has 0 heterocycles. The molecule has 1 atom stereocenters. The van der Waals surface area contributed by atoms with E-state index in [1.165, 1.54) is 19.1 Å². The van der Waals surface area contributed by atoms with E-state index in [1.807, 2.05) is 0 Å². The fourth-order valence-corrected chi connectivity index (χ4v) is 2.08. The van der Waals surface area contributed by atoms with Gasteiger partial charge in [-0.3, -0.25) is 0 Å². The molecule has 0 bridgehead atoms. The van der Waals surface area contributed by atoms with Gasteiger partial charge in [0.2, 0.25) is 0 Å². The predicted octanol–water partition coefficient (Wildman–Crippen LogP) is 4.21. The minimum atomic E-state index is -3.27. The molecule has 0 aliphatic rings. The zero-order valence-corrected chi connectivity index (χ0v) is 12.9. The van der Waals surface area contributed by atoms with Crippen molar-refractivity contribution in [2.75, 3.05) is 0 Å². The summed E-state index contributed by atoms with van der Waals surface area (Å²) in [7, 11) is 0. The molecule has 0 amide bonds. The molecule has 1 rings (SSSR count). The van der Waals surface area contributed by atoms with Crippen LogP contribution in [0.1, 0.15) is 45.7 Å². The summed E-state index contributed by atoms with van der Waals surface area (Å²) < 4.78 is 55.9. The Morgan fingerprint density at radius 1 is 1.20 bits per heavy atom. The number of hydrogen-bond donors (Lipinski definition) is 0. The Bertz CT molecular complexity index is 518. The topological polar surface area (TPSA) is 35.4 Å². The van der Waals surface area contributed by atoms with Crippen molar-refractivity contribution >= 4 is 17.1 Å². The Kier molecular flexibility index (Phi) is 4.92. The summed E-state index contributed by atoms with van der Waals surface area (Å²) in [4.78, 5) is 0. The number of alkyl halides is 2. The molecular weight excluding hydrogens is 287 g/mol. The van der Waals surface area contributed by atoms with Gasteiger partial charge in [-0.1, -0.05) is 22.6 Å². The quantitative estimate of drug-likeness (QED) is 0.608. The monoisotopic (exact) mass is 305 g/mol. The molecule has 0 saturated carbocycles. The highest BCUT2D eigenvalue weighted by Crippen LogP contribution is 2.31. The fraction of sp³-hybridized carbons (Fsp3) is 0.500. The van der Waals surface area contributed by atoms with Crippen molar-refractivity contribution in [3.8, 4) is 0 Å². The van der Waals surface area contributed by atoms with Crippen LogP contribution in [0.4, 0.5) is 13.2 Å². The van der Waals surface area contributed by atoms with E-state index >= 15 is 0 Å². The molecule has 0 fully saturated rings. The molecule has 0 aliphatic carbocycles. The fourth-order valence-electron chi connectivity index (χ4n) is 1.46. The lowest BCUT2D eigenvalue weighted by atomic mass is 10.0. The summed E-state index contributed by atoms with van der Waals surface area (Å²) in [6.45, 7) is 7.28. The van der Waals surface area contributed by atoms with E-state index in [0.29, 0.717) is 6.92 Å². The van der Waals surface area contributed by atoms with Crippen molar-refractivity contribution < 1.29 is 17.7 Å². The highest BCUT2D eigenvalue weighted by Gasteiger charge is 2.31. The maximum absolute atomic E-state index is 14.1. The summed E-state index contributed by atoms with van der Waals surface area (Å²) in [5.41, 5.74) is -0.602. The standard InChI is InChI=1S/C14H18F3NOS/c1-9(18-20(19)13(2,3)4)10-7-6-8-11(12(10)15)14(5,16)17/h6-8H,1-5H3. The second-order valence-electron chi connectivity index (χ2n) is 5.59. The van der Waals surface area contributed by atoms with E-state index in [2.05, 4.69) is 4.40 Å². The average molecular weight is 305 g/mol. The minimum absolute atomic E-state index is 0.0541. The van der Waals surface area contributed by atoms with Gasteiger partial charge in [-0.25, -0.2) is 13.2 Å². The summed E-state index contributed by atoms with van der Waals surface area (Å²) >= 11 is -1.57. The Balaban J connectivity index is 3.25. The lowest BCUT2D eigenvalue weighted by Crippen LogP contribution is -2.27. The normalized spacial score (nSPS) is 15.3. The van der Waals surface area contributed by atoms with Gasteiger partial charge in [0.15, 0.2) is 0 Å². The van der Waals surface area contributed by atoms with Crippen LogP contribution in [-0.4, -0.2) is 15.0 Å². The van der Waals surface area contributed by atoms with Crippen LogP contribution in [0.25, 0.3) is 0 Å². The van der Waals surface area contributed by atoms with Crippen molar-refractivity contribution in [2.24, 2.45) is 4.40 Å². The molecule has 1 aromatic carbocycles. The van der Waals surface area contributed by atoms with Gasteiger partial charge in [-0.2, -0.15) is 0 Å². The van der Waals surface area contributed by atoms with Crippen LogP contribution in [0.5, 0.6) is 0 Å². The van der Waals surface area contributed by atoms with Crippen LogP contribution >= 0.6 is 0 Å². The predicted molar refractivity (Wildman–Crippen MR) is 76.1 cm³/mol. The Hall–Kier alpha value is -1.01. The zero-order valence-electron chi connectivity index (χ0n) is 12.1. The van der Waals surface area contributed by atoms with Gasteiger partial charge in [-0.05, 0) is 27.7 Å². The first-order valence-corrected chi connectivity index (χ1v) is 7.19. The van der Waals surface area contributed by atoms with E-state index in [4.69, 9.17) is 0 Å². The van der Waals surface area contributed by atoms with E-state index < -0.39 is 33.4 Å². The van der Waals surface area contributed by atoms with Crippen molar-refractivity contribution in [2.45, 2.75) is 45.3 Å². The molecular formula is C14H18F3NOS. The summed E-state index contributed by atoms with van der Waals surface area (Å²) in [6.07, 6.45) is 0.